The molecule has 3 rings (SSSR count). The molecule has 3 atom stereocenters. The smallest absolute Gasteiger partial charge is 0.0917 e. The number of hydrogen-bond acceptors (Lipinski definition) is 3. The van der Waals surface area contributed by atoms with Crippen LogP contribution in [0.25, 0.3) is 0 Å². The predicted octanol–water partition coefficient (Wildman–Crippen LogP) is 3.32. The van der Waals surface area contributed by atoms with E-state index in [2.05, 4.69) is 23.6 Å². The SMILES string of the molecule is CC(C)N1C2CCC1CN(CC(O)c1cccc(Cl)c1)CC2. The normalized spacial score (nSPS) is 28.0. The van der Waals surface area contributed by atoms with Crippen LogP contribution in [-0.4, -0.2) is 52.7 Å². The van der Waals surface area contributed by atoms with Gasteiger partial charge >= 0.3 is 0 Å². The van der Waals surface area contributed by atoms with Crippen molar-refractivity contribution in [3.05, 3.63) is 34.9 Å². The molecule has 2 bridgehead atoms. The minimum atomic E-state index is -0.456. The largest absolute Gasteiger partial charge is 0.387 e. The molecule has 0 aliphatic carbocycles. The summed E-state index contributed by atoms with van der Waals surface area (Å²) < 4.78 is 0. The molecule has 0 radical (unpaired) electrons. The molecule has 0 spiro atoms. The van der Waals surface area contributed by atoms with Crippen molar-refractivity contribution >= 4 is 11.6 Å². The van der Waals surface area contributed by atoms with Crippen LogP contribution in [-0.2, 0) is 0 Å². The van der Waals surface area contributed by atoms with Crippen molar-refractivity contribution in [1.29, 1.82) is 0 Å². The molecule has 0 amide bonds. The minimum Gasteiger partial charge on any atom is -0.387 e. The number of hydrogen-bond donors (Lipinski definition) is 1. The Bertz CT molecular complexity index is 508. The highest BCUT2D eigenvalue weighted by molar-refractivity contribution is 6.30. The van der Waals surface area contributed by atoms with Crippen LogP contribution >= 0.6 is 11.6 Å². The summed E-state index contributed by atoms with van der Waals surface area (Å²) in [5, 5.41) is 11.2. The third kappa shape index (κ3) is 3.48. The van der Waals surface area contributed by atoms with E-state index in [9.17, 15) is 5.11 Å². The van der Waals surface area contributed by atoms with Gasteiger partial charge in [-0.1, -0.05) is 23.7 Å². The van der Waals surface area contributed by atoms with E-state index >= 15 is 0 Å². The lowest BCUT2D eigenvalue weighted by Gasteiger charge is -2.32. The van der Waals surface area contributed by atoms with Crippen molar-refractivity contribution in [2.75, 3.05) is 19.6 Å². The molecule has 2 fully saturated rings. The van der Waals surface area contributed by atoms with Crippen LogP contribution < -0.4 is 0 Å². The van der Waals surface area contributed by atoms with Gasteiger partial charge in [-0.25, -0.2) is 0 Å². The van der Waals surface area contributed by atoms with Crippen LogP contribution in [0, 0.1) is 0 Å². The van der Waals surface area contributed by atoms with Crippen LogP contribution in [0.4, 0.5) is 0 Å². The Morgan fingerprint density at radius 2 is 2.00 bits per heavy atom. The fourth-order valence-electron chi connectivity index (χ4n) is 4.25. The number of benzene rings is 1. The van der Waals surface area contributed by atoms with Gasteiger partial charge in [0.1, 0.15) is 0 Å². The molecule has 1 N–H and O–H groups in total. The van der Waals surface area contributed by atoms with E-state index in [0.29, 0.717) is 23.7 Å². The Balaban J connectivity index is 1.64. The molecule has 3 nitrogen and oxygen atoms in total. The van der Waals surface area contributed by atoms with Crippen LogP contribution in [0.2, 0.25) is 5.02 Å². The number of halogens is 1. The molecule has 2 aliphatic rings. The van der Waals surface area contributed by atoms with Crippen LogP contribution in [0.1, 0.15) is 44.8 Å². The zero-order valence-corrected chi connectivity index (χ0v) is 14.3. The summed E-state index contributed by atoms with van der Waals surface area (Å²) in [5.41, 5.74) is 0.919. The average molecular weight is 323 g/mol. The second-order valence-electron chi connectivity index (χ2n) is 7.05. The Hall–Kier alpha value is -0.610. The summed E-state index contributed by atoms with van der Waals surface area (Å²) in [6.45, 7) is 7.48. The van der Waals surface area contributed by atoms with Crippen LogP contribution in [0.5, 0.6) is 0 Å². The van der Waals surface area contributed by atoms with Crippen molar-refractivity contribution in [2.45, 2.75) is 57.3 Å². The standard InChI is InChI=1S/C18H27ClN2O/c1-13(2)21-16-6-7-17(21)11-20(9-8-16)12-18(22)14-4-3-5-15(19)10-14/h3-5,10,13,16-18,22H,6-9,11-12H2,1-2H3. The zero-order valence-electron chi connectivity index (χ0n) is 13.6. The van der Waals surface area contributed by atoms with Gasteiger partial charge in [-0.3, -0.25) is 9.80 Å². The summed E-state index contributed by atoms with van der Waals surface area (Å²) in [4.78, 5) is 5.14. The van der Waals surface area contributed by atoms with Crippen molar-refractivity contribution in [3.63, 3.8) is 0 Å². The lowest BCUT2D eigenvalue weighted by atomic mass is 10.1. The highest BCUT2D eigenvalue weighted by atomic mass is 35.5. The number of fused-ring (bicyclic) bond motifs is 2. The quantitative estimate of drug-likeness (QED) is 0.921. The number of β-amino-alcohol motifs (C(OH)–C–C–N with tert-alkyl or cyclic N) is 1. The van der Waals surface area contributed by atoms with Gasteiger partial charge in [0.2, 0.25) is 0 Å². The van der Waals surface area contributed by atoms with E-state index in [0.717, 1.165) is 24.7 Å². The lowest BCUT2D eigenvalue weighted by molar-refractivity contribution is 0.100. The van der Waals surface area contributed by atoms with Gasteiger partial charge in [0.15, 0.2) is 0 Å². The minimum absolute atomic E-state index is 0.456. The molecule has 3 unspecified atom stereocenters. The van der Waals surface area contributed by atoms with Gasteiger partial charge in [-0.05, 0) is 57.4 Å². The van der Waals surface area contributed by atoms with Crippen LogP contribution in [0.3, 0.4) is 0 Å². The highest BCUT2D eigenvalue weighted by Gasteiger charge is 2.38. The zero-order chi connectivity index (χ0) is 15.7. The molecular formula is C18H27ClN2O. The molecule has 2 aliphatic heterocycles. The van der Waals surface area contributed by atoms with E-state index in [1.807, 2.05) is 24.3 Å². The predicted molar refractivity (Wildman–Crippen MR) is 91.3 cm³/mol. The van der Waals surface area contributed by atoms with E-state index < -0.39 is 6.10 Å². The second-order valence-corrected chi connectivity index (χ2v) is 7.48. The molecule has 0 aromatic heterocycles. The van der Waals surface area contributed by atoms with Gasteiger partial charge in [-0.2, -0.15) is 0 Å². The lowest BCUT2D eigenvalue weighted by Crippen LogP contribution is -2.43. The molecule has 4 heteroatoms. The maximum Gasteiger partial charge on any atom is 0.0917 e. The fraction of sp³-hybridized carbons (Fsp3) is 0.667. The maximum atomic E-state index is 10.5. The van der Waals surface area contributed by atoms with Gasteiger partial charge in [-0.15, -0.1) is 0 Å². The molecule has 1 aromatic rings. The Kier molecular flexibility index (Phi) is 5.08. The number of likely N-dealkylation sites (tertiary alicyclic amines) is 1. The summed E-state index contributed by atoms with van der Waals surface area (Å²) in [6, 6.07) is 9.60. The first-order valence-corrected chi connectivity index (χ1v) is 8.85. The molecule has 122 valence electrons. The van der Waals surface area contributed by atoms with Crippen molar-refractivity contribution in [2.24, 2.45) is 0 Å². The van der Waals surface area contributed by atoms with Crippen molar-refractivity contribution < 1.29 is 5.11 Å². The Morgan fingerprint density at radius 3 is 2.73 bits per heavy atom. The summed E-state index contributed by atoms with van der Waals surface area (Å²) >= 11 is 6.03. The van der Waals surface area contributed by atoms with Crippen molar-refractivity contribution in [3.8, 4) is 0 Å². The van der Waals surface area contributed by atoms with Gasteiger partial charge < -0.3 is 5.11 Å². The second kappa shape index (κ2) is 6.88. The first kappa shape index (κ1) is 16.3. The van der Waals surface area contributed by atoms with Gasteiger partial charge in [0.25, 0.3) is 0 Å². The first-order chi connectivity index (χ1) is 10.5. The Labute approximate surface area is 138 Å². The number of rotatable bonds is 4. The topological polar surface area (TPSA) is 26.7 Å². The average Bonchev–Trinajstić information content (AvgIpc) is 2.77. The highest BCUT2D eigenvalue weighted by Crippen LogP contribution is 2.32. The van der Waals surface area contributed by atoms with E-state index in [-0.39, 0.29) is 0 Å². The number of nitrogens with zero attached hydrogens (tertiary/aromatic N) is 2. The molecular weight excluding hydrogens is 296 g/mol. The monoisotopic (exact) mass is 322 g/mol. The first-order valence-electron chi connectivity index (χ1n) is 8.48. The molecule has 22 heavy (non-hydrogen) atoms. The molecule has 1 aromatic carbocycles. The number of aliphatic hydroxyl groups excluding tert-OH is 1. The fourth-order valence-corrected chi connectivity index (χ4v) is 4.45. The Morgan fingerprint density at radius 1 is 1.23 bits per heavy atom. The third-order valence-corrected chi connectivity index (χ3v) is 5.42. The maximum absolute atomic E-state index is 10.5. The van der Waals surface area contributed by atoms with E-state index in [1.165, 1.54) is 19.3 Å². The number of aliphatic hydroxyl groups is 1. The summed E-state index contributed by atoms with van der Waals surface area (Å²) in [6.07, 6.45) is 3.40. The van der Waals surface area contributed by atoms with Crippen LogP contribution in [0.15, 0.2) is 24.3 Å². The molecule has 2 saturated heterocycles. The van der Waals surface area contributed by atoms with E-state index in [4.69, 9.17) is 11.6 Å². The summed E-state index contributed by atoms with van der Waals surface area (Å²) in [5.74, 6) is 0. The third-order valence-electron chi connectivity index (χ3n) is 5.18. The van der Waals surface area contributed by atoms with E-state index in [1.54, 1.807) is 0 Å². The van der Waals surface area contributed by atoms with Crippen molar-refractivity contribution in [1.82, 2.24) is 9.80 Å². The molecule has 0 saturated carbocycles. The van der Waals surface area contributed by atoms with Gasteiger partial charge in [0.05, 0.1) is 6.10 Å². The molecule has 2 heterocycles. The summed E-state index contributed by atoms with van der Waals surface area (Å²) in [7, 11) is 0. The van der Waals surface area contributed by atoms with Gasteiger partial charge in [0, 0.05) is 36.2 Å².